The first-order valence-electron chi connectivity index (χ1n) is 9.14. The van der Waals surface area contributed by atoms with Crippen LogP contribution in [-0.2, 0) is 17.6 Å². The largest absolute Gasteiger partial charge is 0.481 e. The van der Waals surface area contributed by atoms with Crippen molar-refractivity contribution in [3.63, 3.8) is 0 Å². The molecule has 0 radical (unpaired) electrons. The molecule has 0 saturated carbocycles. The molecule has 1 amide bonds. The lowest BCUT2D eigenvalue weighted by atomic mass is 9.97. The highest BCUT2D eigenvalue weighted by Crippen LogP contribution is 2.27. The van der Waals surface area contributed by atoms with Crippen LogP contribution in [0, 0.1) is 11.8 Å². The van der Waals surface area contributed by atoms with Gasteiger partial charge in [-0.2, -0.15) is 5.10 Å². The first kappa shape index (κ1) is 18.2. The van der Waals surface area contributed by atoms with Crippen LogP contribution in [0.2, 0.25) is 0 Å². The molecular weight excluding hydrogens is 330 g/mol. The van der Waals surface area contributed by atoms with E-state index in [2.05, 4.69) is 10.4 Å². The summed E-state index contributed by atoms with van der Waals surface area (Å²) in [5, 5.41) is 16.7. The molecule has 2 aromatic rings. The summed E-state index contributed by atoms with van der Waals surface area (Å²) in [5.41, 5.74) is 3.43. The fraction of sp³-hybridized carbons (Fsp3) is 0.450. The molecule has 2 N–H and O–H groups in total. The Morgan fingerprint density at radius 2 is 1.96 bits per heavy atom. The van der Waals surface area contributed by atoms with Gasteiger partial charge in [0.05, 0.1) is 11.6 Å². The third-order valence-corrected chi connectivity index (χ3v) is 4.76. The van der Waals surface area contributed by atoms with Crippen LogP contribution in [0.25, 0.3) is 5.69 Å². The zero-order chi connectivity index (χ0) is 18.7. The lowest BCUT2D eigenvalue weighted by Gasteiger charge is -2.15. The Balaban J connectivity index is 1.79. The third-order valence-electron chi connectivity index (χ3n) is 4.76. The van der Waals surface area contributed by atoms with Gasteiger partial charge in [-0.05, 0) is 43.7 Å². The summed E-state index contributed by atoms with van der Waals surface area (Å²) >= 11 is 0. The van der Waals surface area contributed by atoms with Crippen molar-refractivity contribution in [2.75, 3.05) is 6.54 Å². The number of hydrogen-bond acceptors (Lipinski definition) is 3. The first-order chi connectivity index (χ1) is 12.5. The maximum atomic E-state index is 12.7. The number of amides is 1. The van der Waals surface area contributed by atoms with Gasteiger partial charge in [0, 0.05) is 17.8 Å². The van der Waals surface area contributed by atoms with E-state index in [1.807, 2.05) is 48.9 Å². The van der Waals surface area contributed by atoms with Gasteiger partial charge in [-0.25, -0.2) is 4.68 Å². The van der Waals surface area contributed by atoms with E-state index >= 15 is 0 Å². The molecule has 1 aliphatic carbocycles. The molecule has 6 heteroatoms. The number of aliphatic carboxylic acids is 1. The van der Waals surface area contributed by atoms with Crippen molar-refractivity contribution in [2.45, 2.75) is 39.5 Å². The topological polar surface area (TPSA) is 84.2 Å². The maximum Gasteiger partial charge on any atom is 0.308 e. The normalized spacial score (nSPS) is 14.3. The lowest BCUT2D eigenvalue weighted by Crippen LogP contribution is -2.34. The molecule has 0 saturated heterocycles. The van der Waals surface area contributed by atoms with Crippen molar-refractivity contribution < 1.29 is 14.7 Å². The highest BCUT2D eigenvalue weighted by atomic mass is 16.4. The molecule has 0 spiro atoms. The van der Waals surface area contributed by atoms with Crippen molar-refractivity contribution in [1.29, 1.82) is 0 Å². The molecule has 6 nitrogen and oxygen atoms in total. The van der Waals surface area contributed by atoms with E-state index in [9.17, 15) is 14.7 Å². The predicted molar refractivity (Wildman–Crippen MR) is 98.5 cm³/mol. The molecule has 1 atom stereocenters. The van der Waals surface area contributed by atoms with E-state index in [1.54, 1.807) is 0 Å². The van der Waals surface area contributed by atoms with E-state index in [1.165, 1.54) is 0 Å². The van der Waals surface area contributed by atoms with E-state index in [4.69, 9.17) is 0 Å². The van der Waals surface area contributed by atoms with Crippen molar-refractivity contribution in [1.82, 2.24) is 15.1 Å². The number of nitrogens with one attached hydrogen (secondary N) is 1. The average Bonchev–Trinajstić information content (AvgIpc) is 3.21. The number of hydrogen-bond donors (Lipinski definition) is 2. The maximum absolute atomic E-state index is 12.7. The number of rotatable bonds is 7. The molecule has 0 fully saturated rings. The van der Waals surface area contributed by atoms with Crippen LogP contribution in [-0.4, -0.2) is 33.3 Å². The van der Waals surface area contributed by atoms with Crippen LogP contribution >= 0.6 is 0 Å². The molecule has 1 heterocycles. The van der Waals surface area contributed by atoms with Gasteiger partial charge < -0.3 is 10.4 Å². The zero-order valence-electron chi connectivity index (χ0n) is 15.2. The van der Waals surface area contributed by atoms with Crippen LogP contribution in [0.3, 0.4) is 0 Å². The fourth-order valence-electron chi connectivity index (χ4n) is 3.54. The summed E-state index contributed by atoms with van der Waals surface area (Å²) in [5.74, 6) is -1.48. The molecule has 1 aliphatic rings. The van der Waals surface area contributed by atoms with Gasteiger partial charge in [0.2, 0.25) is 0 Å². The summed E-state index contributed by atoms with van der Waals surface area (Å²) in [7, 11) is 0. The molecule has 1 aromatic heterocycles. The molecule has 3 rings (SSSR count). The molecular formula is C20H25N3O3. The number of nitrogens with zero attached hydrogens (tertiary/aromatic N) is 2. The van der Waals surface area contributed by atoms with Gasteiger partial charge in [-0.15, -0.1) is 0 Å². The second-order valence-electron chi connectivity index (χ2n) is 7.25. The molecule has 1 unspecified atom stereocenters. The number of fused-ring (bicyclic) bond motifs is 1. The standard InChI is InChI=1S/C20H25N3O3/c1-13(2)11-14(20(25)26)12-21-19(24)18-16-9-6-10-17(16)23(22-18)15-7-4-3-5-8-15/h3-5,7-8,13-14H,6,9-12H2,1-2H3,(H,21,24)(H,25,26). The van der Waals surface area contributed by atoms with E-state index in [0.29, 0.717) is 12.1 Å². The minimum Gasteiger partial charge on any atom is -0.481 e. The highest BCUT2D eigenvalue weighted by molar-refractivity contribution is 5.94. The zero-order valence-corrected chi connectivity index (χ0v) is 15.2. The number of aromatic nitrogens is 2. The summed E-state index contributed by atoms with van der Waals surface area (Å²) in [6, 6.07) is 9.78. The SMILES string of the molecule is CC(C)CC(CNC(=O)c1nn(-c2ccccc2)c2c1CCC2)C(=O)O. The molecule has 26 heavy (non-hydrogen) atoms. The Kier molecular flexibility index (Phi) is 5.40. The average molecular weight is 355 g/mol. The quantitative estimate of drug-likeness (QED) is 0.800. The molecule has 0 aliphatic heterocycles. The Morgan fingerprint density at radius 3 is 2.62 bits per heavy atom. The van der Waals surface area contributed by atoms with E-state index < -0.39 is 11.9 Å². The lowest BCUT2D eigenvalue weighted by molar-refractivity contribution is -0.142. The number of carboxylic acid groups (broad SMARTS) is 1. The number of benzene rings is 1. The number of carbonyl (C=O) groups is 2. The second-order valence-corrected chi connectivity index (χ2v) is 7.25. The Hall–Kier alpha value is -2.63. The summed E-state index contributed by atoms with van der Waals surface area (Å²) in [4.78, 5) is 24.1. The van der Waals surface area contributed by atoms with Gasteiger partial charge >= 0.3 is 5.97 Å². The van der Waals surface area contributed by atoms with Crippen molar-refractivity contribution >= 4 is 11.9 Å². The first-order valence-corrected chi connectivity index (χ1v) is 9.14. The van der Waals surface area contributed by atoms with Crippen molar-refractivity contribution in [3.8, 4) is 5.69 Å². The fourth-order valence-corrected chi connectivity index (χ4v) is 3.54. The Morgan fingerprint density at radius 1 is 1.23 bits per heavy atom. The van der Waals surface area contributed by atoms with E-state index in [-0.39, 0.29) is 18.4 Å². The molecule has 1 aromatic carbocycles. The Labute approximate surface area is 153 Å². The van der Waals surface area contributed by atoms with E-state index in [0.717, 1.165) is 36.2 Å². The number of carboxylic acids is 1. The number of carbonyl (C=O) groups excluding carboxylic acids is 1. The summed E-state index contributed by atoms with van der Waals surface area (Å²) < 4.78 is 1.85. The van der Waals surface area contributed by atoms with Crippen LogP contribution < -0.4 is 5.32 Å². The smallest absolute Gasteiger partial charge is 0.308 e. The molecule has 0 bridgehead atoms. The van der Waals surface area contributed by atoms with Crippen molar-refractivity contribution in [2.24, 2.45) is 11.8 Å². The minimum atomic E-state index is -0.876. The third kappa shape index (κ3) is 3.79. The minimum absolute atomic E-state index is 0.124. The summed E-state index contributed by atoms with van der Waals surface area (Å²) in [6.45, 7) is 4.08. The van der Waals surface area contributed by atoms with Gasteiger partial charge in [0.25, 0.3) is 5.91 Å². The van der Waals surface area contributed by atoms with Crippen LogP contribution in [0.4, 0.5) is 0 Å². The predicted octanol–water partition coefficient (Wildman–Crippen LogP) is 2.84. The van der Waals surface area contributed by atoms with Gasteiger partial charge in [0.1, 0.15) is 0 Å². The second kappa shape index (κ2) is 7.72. The monoisotopic (exact) mass is 355 g/mol. The van der Waals surface area contributed by atoms with Gasteiger partial charge in [0.15, 0.2) is 5.69 Å². The molecule has 138 valence electrons. The van der Waals surface area contributed by atoms with Crippen molar-refractivity contribution in [3.05, 3.63) is 47.3 Å². The van der Waals surface area contributed by atoms with Crippen LogP contribution in [0.5, 0.6) is 0 Å². The van der Waals surface area contributed by atoms with Gasteiger partial charge in [-0.3, -0.25) is 9.59 Å². The number of para-hydroxylation sites is 1. The Bertz CT molecular complexity index is 796. The highest BCUT2D eigenvalue weighted by Gasteiger charge is 2.28. The van der Waals surface area contributed by atoms with Crippen LogP contribution in [0.1, 0.15) is 48.4 Å². The van der Waals surface area contributed by atoms with Crippen LogP contribution in [0.15, 0.2) is 30.3 Å². The van der Waals surface area contributed by atoms with Gasteiger partial charge in [-0.1, -0.05) is 32.0 Å². The summed E-state index contributed by atoms with van der Waals surface area (Å²) in [6.07, 6.45) is 3.27.